The maximum Gasteiger partial charge on any atom is 0.233 e. The van der Waals surface area contributed by atoms with E-state index in [0.717, 1.165) is 63.2 Å². The molecule has 2 saturated heterocycles. The number of piperazine rings is 1. The second kappa shape index (κ2) is 8.36. The summed E-state index contributed by atoms with van der Waals surface area (Å²) >= 11 is 0. The zero-order valence-corrected chi connectivity index (χ0v) is 17.1. The van der Waals surface area contributed by atoms with Gasteiger partial charge < -0.3 is 15.1 Å². The summed E-state index contributed by atoms with van der Waals surface area (Å²) in [6.45, 7) is 7.11. The Labute approximate surface area is 167 Å². The Morgan fingerprint density at radius 2 is 1.89 bits per heavy atom. The average molecular weight is 383 g/mol. The quantitative estimate of drug-likeness (QED) is 0.843. The number of likely N-dealkylation sites (tertiary alicyclic amines) is 1. The third-order valence-corrected chi connectivity index (χ3v) is 5.72. The van der Waals surface area contributed by atoms with Gasteiger partial charge in [-0.15, -0.1) is 0 Å². The second-order valence-electron chi connectivity index (χ2n) is 7.72. The van der Waals surface area contributed by atoms with Gasteiger partial charge in [-0.3, -0.25) is 4.90 Å². The summed E-state index contributed by atoms with van der Waals surface area (Å²) in [5, 5.41) is 3.40. The van der Waals surface area contributed by atoms with Gasteiger partial charge in [-0.05, 0) is 39.5 Å². The molecule has 2 aromatic heterocycles. The summed E-state index contributed by atoms with van der Waals surface area (Å²) in [6.07, 6.45) is 4.97. The number of nitrogens with one attached hydrogen (secondary N) is 1. The van der Waals surface area contributed by atoms with Gasteiger partial charge in [-0.2, -0.15) is 15.0 Å². The normalized spacial score (nSPS) is 21.2. The largest absolute Gasteiger partial charge is 0.338 e. The van der Waals surface area contributed by atoms with Crippen LogP contribution in [0.1, 0.15) is 37.2 Å². The van der Waals surface area contributed by atoms with Crippen LogP contribution in [0.25, 0.3) is 0 Å². The molecule has 28 heavy (non-hydrogen) atoms. The lowest BCUT2D eigenvalue weighted by molar-refractivity contribution is 0.311. The third kappa shape index (κ3) is 4.07. The zero-order valence-electron chi connectivity index (χ0n) is 17.1. The molecule has 1 unspecified atom stereocenters. The highest BCUT2D eigenvalue weighted by atomic mass is 15.3. The number of aryl methyl sites for hydroxylation is 1. The minimum absolute atomic E-state index is 0.390. The average Bonchev–Trinajstić information content (AvgIpc) is 3.14. The van der Waals surface area contributed by atoms with E-state index in [9.17, 15) is 0 Å². The van der Waals surface area contributed by atoms with Crippen molar-refractivity contribution < 1.29 is 0 Å². The molecule has 2 aromatic rings. The van der Waals surface area contributed by atoms with E-state index >= 15 is 0 Å². The van der Waals surface area contributed by atoms with Crippen molar-refractivity contribution in [3.63, 3.8) is 0 Å². The van der Waals surface area contributed by atoms with Gasteiger partial charge in [0.05, 0.1) is 0 Å². The summed E-state index contributed by atoms with van der Waals surface area (Å²) in [4.78, 5) is 25.6. The van der Waals surface area contributed by atoms with Crippen LogP contribution in [0.4, 0.5) is 17.7 Å². The molecule has 0 spiro atoms. The topological polar surface area (TPSA) is 73.3 Å². The van der Waals surface area contributed by atoms with Crippen LogP contribution < -0.4 is 10.2 Å². The van der Waals surface area contributed by atoms with Gasteiger partial charge in [-0.25, -0.2) is 4.98 Å². The minimum atomic E-state index is 0.390. The molecule has 4 rings (SSSR count). The van der Waals surface area contributed by atoms with E-state index in [-0.39, 0.29) is 0 Å². The van der Waals surface area contributed by atoms with E-state index in [1.807, 2.05) is 12.3 Å². The number of rotatable bonds is 5. The highest BCUT2D eigenvalue weighted by Gasteiger charge is 2.26. The van der Waals surface area contributed by atoms with E-state index in [1.54, 1.807) is 0 Å². The number of nitrogens with zero attached hydrogens (tertiary/aromatic N) is 7. The number of pyridine rings is 1. The predicted molar refractivity (Wildman–Crippen MR) is 111 cm³/mol. The first-order chi connectivity index (χ1) is 13.6. The Hall–Kier alpha value is -2.32. The molecule has 4 heterocycles. The van der Waals surface area contributed by atoms with E-state index in [0.29, 0.717) is 12.0 Å². The Morgan fingerprint density at radius 1 is 1.07 bits per heavy atom. The molecule has 0 amide bonds. The van der Waals surface area contributed by atoms with Crippen molar-refractivity contribution in [3.05, 3.63) is 29.7 Å². The molecule has 1 atom stereocenters. The van der Waals surface area contributed by atoms with Gasteiger partial charge in [0, 0.05) is 50.4 Å². The van der Waals surface area contributed by atoms with Crippen molar-refractivity contribution in [2.24, 2.45) is 0 Å². The van der Waals surface area contributed by atoms with E-state index < -0.39 is 0 Å². The molecule has 2 aliphatic rings. The monoisotopic (exact) mass is 382 g/mol. The Bertz CT molecular complexity index is 803. The molecule has 0 aliphatic carbocycles. The molecule has 150 valence electrons. The van der Waals surface area contributed by atoms with Crippen LogP contribution in [0.3, 0.4) is 0 Å². The van der Waals surface area contributed by atoms with Crippen LogP contribution in [-0.4, -0.2) is 76.6 Å². The van der Waals surface area contributed by atoms with E-state index in [2.05, 4.69) is 62.1 Å². The second-order valence-corrected chi connectivity index (χ2v) is 7.72. The molecule has 0 bridgehead atoms. The van der Waals surface area contributed by atoms with Crippen molar-refractivity contribution in [3.8, 4) is 0 Å². The fourth-order valence-electron chi connectivity index (χ4n) is 3.97. The standard InChI is InChI=1S/C20H30N8/c1-4-17-22-19(25-20(23-17)28-13-11-26(2)12-14-28)24-18-15(7-5-9-21-18)16-8-6-10-27(16)3/h5,7,9,16H,4,6,8,10-14H2,1-3H3,(H,21,22,23,24,25). The van der Waals surface area contributed by atoms with Gasteiger partial charge in [0.15, 0.2) is 0 Å². The van der Waals surface area contributed by atoms with Crippen LogP contribution in [0.15, 0.2) is 18.3 Å². The molecule has 0 radical (unpaired) electrons. The summed E-state index contributed by atoms with van der Waals surface area (Å²) in [5.41, 5.74) is 1.21. The molecular weight excluding hydrogens is 352 g/mol. The van der Waals surface area contributed by atoms with Crippen LogP contribution in [0.2, 0.25) is 0 Å². The van der Waals surface area contributed by atoms with Crippen LogP contribution in [-0.2, 0) is 6.42 Å². The fraction of sp³-hybridized carbons (Fsp3) is 0.600. The first kappa shape index (κ1) is 19.0. The summed E-state index contributed by atoms with van der Waals surface area (Å²) in [5.74, 6) is 3.00. The fourth-order valence-corrected chi connectivity index (χ4v) is 3.97. The Kier molecular flexibility index (Phi) is 5.68. The number of likely N-dealkylation sites (N-methyl/N-ethyl adjacent to an activating group) is 1. The molecule has 8 heteroatoms. The first-order valence-corrected chi connectivity index (χ1v) is 10.2. The van der Waals surface area contributed by atoms with Gasteiger partial charge in [0.25, 0.3) is 0 Å². The predicted octanol–water partition coefficient (Wildman–Crippen LogP) is 2.09. The molecular formula is C20H30N8. The van der Waals surface area contributed by atoms with Gasteiger partial charge in [0.2, 0.25) is 11.9 Å². The maximum absolute atomic E-state index is 4.73. The lowest BCUT2D eigenvalue weighted by Crippen LogP contribution is -2.45. The first-order valence-electron chi connectivity index (χ1n) is 10.2. The number of hydrogen-bond acceptors (Lipinski definition) is 8. The third-order valence-electron chi connectivity index (χ3n) is 5.72. The van der Waals surface area contributed by atoms with E-state index in [1.165, 1.54) is 12.0 Å². The van der Waals surface area contributed by atoms with Crippen LogP contribution in [0, 0.1) is 0 Å². The van der Waals surface area contributed by atoms with Gasteiger partial charge in [0.1, 0.15) is 11.6 Å². The summed E-state index contributed by atoms with van der Waals surface area (Å²) in [7, 11) is 4.33. The molecule has 2 aliphatic heterocycles. The molecule has 0 saturated carbocycles. The maximum atomic E-state index is 4.73. The van der Waals surface area contributed by atoms with Crippen LogP contribution >= 0.6 is 0 Å². The lowest BCUT2D eigenvalue weighted by atomic mass is 10.1. The SMILES string of the molecule is CCc1nc(Nc2ncccc2C2CCCN2C)nc(N2CCN(C)CC2)n1. The number of aromatic nitrogens is 4. The Balaban J connectivity index is 1.61. The highest BCUT2D eigenvalue weighted by molar-refractivity contribution is 5.55. The molecule has 0 aromatic carbocycles. The van der Waals surface area contributed by atoms with Crippen LogP contribution in [0.5, 0.6) is 0 Å². The summed E-state index contributed by atoms with van der Waals surface area (Å²) < 4.78 is 0. The Morgan fingerprint density at radius 3 is 2.61 bits per heavy atom. The van der Waals surface area contributed by atoms with Crippen molar-refractivity contribution in [1.82, 2.24) is 29.7 Å². The number of hydrogen-bond donors (Lipinski definition) is 1. The minimum Gasteiger partial charge on any atom is -0.338 e. The smallest absolute Gasteiger partial charge is 0.233 e. The van der Waals surface area contributed by atoms with E-state index in [4.69, 9.17) is 4.98 Å². The van der Waals surface area contributed by atoms with Crippen molar-refractivity contribution in [1.29, 1.82) is 0 Å². The summed E-state index contributed by atoms with van der Waals surface area (Å²) in [6, 6.07) is 4.55. The zero-order chi connectivity index (χ0) is 19.5. The van der Waals surface area contributed by atoms with Crippen molar-refractivity contribution in [2.45, 2.75) is 32.2 Å². The van der Waals surface area contributed by atoms with Crippen molar-refractivity contribution >= 4 is 17.7 Å². The van der Waals surface area contributed by atoms with Gasteiger partial charge >= 0.3 is 0 Å². The highest BCUT2D eigenvalue weighted by Crippen LogP contribution is 2.34. The van der Waals surface area contributed by atoms with Crippen molar-refractivity contribution in [2.75, 3.05) is 57.0 Å². The van der Waals surface area contributed by atoms with Gasteiger partial charge in [-0.1, -0.05) is 13.0 Å². The number of anilines is 3. The molecule has 2 fully saturated rings. The lowest BCUT2D eigenvalue weighted by Gasteiger charge is -2.32. The molecule has 1 N–H and O–H groups in total. The molecule has 8 nitrogen and oxygen atoms in total.